The van der Waals surface area contributed by atoms with E-state index in [9.17, 15) is 10.00 Å². The van der Waals surface area contributed by atoms with Gasteiger partial charge in [-0.05, 0) is 0 Å². The minimum absolute atomic E-state index is 0.0196. The van der Waals surface area contributed by atoms with E-state index >= 15 is 0 Å². The van der Waals surface area contributed by atoms with E-state index in [0.717, 1.165) is 26.2 Å². The van der Waals surface area contributed by atoms with Crippen molar-refractivity contribution in [3.63, 3.8) is 0 Å². The molecule has 3 saturated heterocycles. The summed E-state index contributed by atoms with van der Waals surface area (Å²) in [6, 6.07) is 0. The molecule has 5 N–H and O–H groups in total. The summed E-state index contributed by atoms with van der Waals surface area (Å²) >= 11 is 0. The number of anilines is 2. The Morgan fingerprint density at radius 1 is 1.32 bits per heavy atom. The molecule has 3 aliphatic rings. The van der Waals surface area contributed by atoms with Gasteiger partial charge in [0.05, 0.1) is 0 Å². The number of nitrogen functional groups attached to an aromatic ring is 1. The van der Waals surface area contributed by atoms with Crippen molar-refractivity contribution < 1.29 is 23.8 Å². The zero-order chi connectivity index (χ0) is 19.5. The fraction of sp³-hybridized carbons (Fsp3) is 0.643. The van der Waals surface area contributed by atoms with E-state index in [0.29, 0.717) is 17.1 Å². The monoisotopic (exact) mass is 408 g/mol. The van der Waals surface area contributed by atoms with E-state index in [1.54, 1.807) is 4.57 Å². The minimum Gasteiger partial charge on any atom is -0.385 e. The summed E-state index contributed by atoms with van der Waals surface area (Å²) < 4.78 is 18.3. The lowest BCUT2D eigenvalue weighted by atomic mass is 10.1. The molecule has 0 aromatic carbocycles. The van der Waals surface area contributed by atoms with Gasteiger partial charge in [0.15, 0.2) is 29.3 Å². The third kappa shape index (κ3) is 2.94. The maximum absolute atomic E-state index is 10.9. The van der Waals surface area contributed by atoms with E-state index in [1.807, 2.05) is 0 Å². The summed E-state index contributed by atoms with van der Waals surface area (Å²) in [5.74, 6) is 0.817. The summed E-state index contributed by atoms with van der Waals surface area (Å²) in [6.07, 6.45) is -2.04. The molecule has 2 aromatic rings. The Balaban J connectivity index is 1.59. The van der Waals surface area contributed by atoms with Crippen LogP contribution in [0.2, 0.25) is 0 Å². The van der Waals surface area contributed by atoms with Crippen LogP contribution in [0, 0.1) is 0 Å². The summed E-state index contributed by atoms with van der Waals surface area (Å²) in [5, 5.41) is 14.2. The molecule has 2 aromatic heterocycles. The molecular formula is C14H20BN7O5P+. The van der Waals surface area contributed by atoms with E-state index < -0.39 is 32.4 Å². The number of nitrogens with two attached hydrogens (primary N) is 1. The van der Waals surface area contributed by atoms with Crippen LogP contribution in [-0.4, -0.2) is 88.2 Å². The van der Waals surface area contributed by atoms with Crippen LogP contribution in [0.15, 0.2) is 6.33 Å². The highest BCUT2D eigenvalue weighted by Gasteiger charge is 2.57. The third-order valence-corrected chi connectivity index (χ3v) is 6.21. The number of ether oxygens (including phenoxy) is 1. The van der Waals surface area contributed by atoms with Crippen LogP contribution in [0.3, 0.4) is 0 Å². The molecule has 5 rings (SSSR count). The molecule has 0 bridgehead atoms. The smallest absolute Gasteiger partial charge is 0.385 e. The van der Waals surface area contributed by atoms with Crippen LogP contribution in [0.5, 0.6) is 0 Å². The summed E-state index contributed by atoms with van der Waals surface area (Å²) in [6.45, 7) is 3.06. The average molecular weight is 408 g/mol. The Labute approximate surface area is 161 Å². The molecule has 5 atom stereocenters. The molecule has 1 unspecified atom stereocenters. The lowest BCUT2D eigenvalue weighted by molar-refractivity contribution is -0.0599. The number of nitrogens with one attached hydrogen (secondary N) is 1. The maximum Gasteiger partial charge on any atom is 0.488 e. The molecule has 2 radical (unpaired) electrons. The van der Waals surface area contributed by atoms with Gasteiger partial charge in [0.1, 0.15) is 25.1 Å². The third-order valence-electron chi connectivity index (χ3n) is 5.15. The lowest BCUT2D eigenvalue weighted by Crippen LogP contribution is -2.45. The van der Waals surface area contributed by atoms with Gasteiger partial charge < -0.3 is 25.8 Å². The molecule has 3 aliphatic heterocycles. The van der Waals surface area contributed by atoms with Crippen molar-refractivity contribution in [2.24, 2.45) is 0 Å². The van der Waals surface area contributed by atoms with Gasteiger partial charge in [-0.1, -0.05) is 0 Å². The summed E-state index contributed by atoms with van der Waals surface area (Å²) in [5.41, 5.74) is 6.88. The van der Waals surface area contributed by atoms with Gasteiger partial charge in [-0.15, -0.1) is 0 Å². The van der Waals surface area contributed by atoms with Crippen LogP contribution >= 0.6 is 7.82 Å². The standard InChI is InChI=1S/C14H20BN7O5P/c15-28(24)25-5-7-10(27-28)9(23)13(26-7)22-12-8(11(16)18-6-19-12)20-14(22)21-3-1-17-2-4-21/h6-7,9-10,13,17,23-24H,1-5H2,(H2,16,18,19)/q+1/t7-,9-,10-,13-,28?/m1/s1. The number of fused-ring (bicyclic) bond motifs is 2. The van der Waals surface area contributed by atoms with Crippen molar-refractivity contribution >= 4 is 38.3 Å². The van der Waals surface area contributed by atoms with Gasteiger partial charge in [0.25, 0.3) is 0 Å². The van der Waals surface area contributed by atoms with Gasteiger partial charge in [0.2, 0.25) is 5.95 Å². The van der Waals surface area contributed by atoms with Crippen molar-refractivity contribution in [2.45, 2.75) is 24.5 Å². The second kappa shape index (κ2) is 6.73. The second-order valence-corrected chi connectivity index (χ2v) is 8.53. The summed E-state index contributed by atoms with van der Waals surface area (Å²) in [4.78, 5) is 25.0. The number of aliphatic hydroxyl groups excluding tert-OH is 1. The van der Waals surface area contributed by atoms with Gasteiger partial charge in [-0.3, -0.25) is 4.57 Å². The molecule has 0 amide bonds. The Hall–Kier alpha value is -1.60. The SMILES string of the molecule is [B][P+]1(O)OC[C@H]2O[C@@H](n3c(N4CCNCC4)nc4c(N)ncnc43)[C@H](O)[C@@H]2O1. The van der Waals surface area contributed by atoms with Crippen LogP contribution < -0.4 is 16.0 Å². The highest BCUT2D eigenvalue weighted by atomic mass is 31.2. The Bertz CT molecular complexity index is 894. The topological polar surface area (TPSA) is 153 Å². The number of aliphatic hydroxyl groups is 1. The Morgan fingerprint density at radius 2 is 2.11 bits per heavy atom. The quantitative estimate of drug-likeness (QED) is 0.333. The number of rotatable bonds is 2. The number of aromatic nitrogens is 4. The lowest BCUT2D eigenvalue weighted by Gasteiger charge is -2.30. The predicted molar refractivity (Wildman–Crippen MR) is 100 cm³/mol. The number of imidazole rings is 1. The van der Waals surface area contributed by atoms with Crippen LogP contribution in [0.1, 0.15) is 6.23 Å². The van der Waals surface area contributed by atoms with E-state index in [-0.39, 0.29) is 12.4 Å². The second-order valence-electron chi connectivity index (χ2n) is 6.94. The zero-order valence-electron chi connectivity index (χ0n) is 14.9. The molecule has 0 aliphatic carbocycles. The fourth-order valence-electron chi connectivity index (χ4n) is 3.82. The van der Waals surface area contributed by atoms with Gasteiger partial charge >= 0.3 is 15.4 Å². The number of nitrogens with zero attached hydrogens (tertiary/aromatic N) is 5. The molecular weight excluding hydrogens is 388 g/mol. The number of piperazine rings is 1. The largest absolute Gasteiger partial charge is 0.488 e. The summed E-state index contributed by atoms with van der Waals surface area (Å²) in [7, 11) is 2.13. The van der Waals surface area contributed by atoms with Crippen LogP contribution in [-0.2, 0) is 13.8 Å². The van der Waals surface area contributed by atoms with E-state index in [1.165, 1.54) is 6.33 Å². The van der Waals surface area contributed by atoms with E-state index in [2.05, 4.69) is 25.2 Å². The van der Waals surface area contributed by atoms with E-state index in [4.69, 9.17) is 27.1 Å². The first kappa shape index (κ1) is 18.4. The molecule has 0 spiro atoms. The molecule has 148 valence electrons. The zero-order valence-corrected chi connectivity index (χ0v) is 15.8. The molecule has 28 heavy (non-hydrogen) atoms. The first-order valence-electron chi connectivity index (χ1n) is 8.95. The van der Waals surface area contributed by atoms with Gasteiger partial charge in [0, 0.05) is 26.2 Å². The minimum atomic E-state index is -3.47. The normalized spacial score (nSPS) is 36.0. The number of hydrogen-bond donors (Lipinski definition) is 4. The van der Waals surface area contributed by atoms with Gasteiger partial charge in [-0.25, -0.2) is 19.8 Å². The van der Waals surface area contributed by atoms with Gasteiger partial charge in [-0.2, -0.15) is 9.05 Å². The molecule has 14 heteroatoms. The van der Waals surface area contributed by atoms with Crippen molar-refractivity contribution in [2.75, 3.05) is 43.4 Å². The van der Waals surface area contributed by atoms with Crippen molar-refractivity contribution in [3.8, 4) is 0 Å². The van der Waals surface area contributed by atoms with Crippen molar-refractivity contribution in [1.82, 2.24) is 24.8 Å². The highest BCUT2D eigenvalue weighted by Crippen LogP contribution is 2.58. The first-order chi connectivity index (χ1) is 13.4. The number of hydrogen-bond acceptors (Lipinski definition) is 11. The highest BCUT2D eigenvalue weighted by molar-refractivity contribution is 7.85. The molecule has 3 fully saturated rings. The molecule has 0 saturated carbocycles. The average Bonchev–Trinajstić information content (AvgIpc) is 3.21. The van der Waals surface area contributed by atoms with Crippen LogP contribution in [0.25, 0.3) is 11.2 Å². The predicted octanol–water partition coefficient (Wildman–Crippen LogP) is -1.67. The Kier molecular flexibility index (Phi) is 4.43. The van der Waals surface area contributed by atoms with Crippen LogP contribution in [0.4, 0.5) is 11.8 Å². The molecule has 12 nitrogen and oxygen atoms in total. The maximum atomic E-state index is 10.9. The Morgan fingerprint density at radius 3 is 2.89 bits per heavy atom. The first-order valence-corrected chi connectivity index (χ1v) is 10.6. The fourth-order valence-corrected chi connectivity index (χ4v) is 4.85. The van der Waals surface area contributed by atoms with Crippen molar-refractivity contribution in [3.05, 3.63) is 6.33 Å². The van der Waals surface area contributed by atoms with Crippen molar-refractivity contribution in [1.29, 1.82) is 0 Å². The molecule has 5 heterocycles.